The van der Waals surface area contributed by atoms with Crippen molar-refractivity contribution in [2.45, 2.75) is 35.8 Å². The molecule has 27 heavy (non-hydrogen) atoms. The highest BCUT2D eigenvalue weighted by molar-refractivity contribution is 9.10. The summed E-state index contributed by atoms with van der Waals surface area (Å²) >= 11 is 5.01. The van der Waals surface area contributed by atoms with Crippen molar-refractivity contribution in [2.24, 2.45) is 5.92 Å². The van der Waals surface area contributed by atoms with E-state index in [-0.39, 0.29) is 11.8 Å². The van der Waals surface area contributed by atoms with Crippen LogP contribution in [0.25, 0.3) is 0 Å². The van der Waals surface area contributed by atoms with Crippen LogP contribution < -0.4 is 10.2 Å². The van der Waals surface area contributed by atoms with Crippen LogP contribution in [-0.4, -0.2) is 46.9 Å². The van der Waals surface area contributed by atoms with Crippen molar-refractivity contribution in [3.8, 4) is 0 Å². The molecule has 1 aromatic heterocycles. The number of carbonyl (C=O) groups is 1. The van der Waals surface area contributed by atoms with Gasteiger partial charge in [0, 0.05) is 34.9 Å². The van der Waals surface area contributed by atoms with Gasteiger partial charge >= 0.3 is 0 Å². The molecule has 1 aliphatic heterocycles. The van der Waals surface area contributed by atoms with E-state index in [9.17, 15) is 9.90 Å². The summed E-state index contributed by atoms with van der Waals surface area (Å²) in [6, 6.07) is 12.1. The number of anilines is 1. The molecule has 0 saturated carbocycles. The standard InChI is InChI=1S/C19H23BrN4O2S/c1-13(25)12-21-19(26)14-8-10-24(11-9-14)17-6-7-18(23-22-17)27-16-4-2-15(20)3-5-16/h2-7,13-14,25H,8-12H2,1H3,(H,21,26). The number of nitrogens with zero attached hydrogens (tertiary/aromatic N) is 3. The van der Waals surface area contributed by atoms with Gasteiger partial charge < -0.3 is 15.3 Å². The van der Waals surface area contributed by atoms with Gasteiger partial charge in [0.1, 0.15) is 5.03 Å². The Morgan fingerprint density at radius 1 is 1.26 bits per heavy atom. The largest absolute Gasteiger partial charge is 0.392 e. The van der Waals surface area contributed by atoms with Gasteiger partial charge in [-0.15, -0.1) is 10.2 Å². The molecule has 1 unspecified atom stereocenters. The number of piperidine rings is 1. The fraction of sp³-hybridized carbons (Fsp3) is 0.421. The average molecular weight is 451 g/mol. The van der Waals surface area contributed by atoms with Crippen LogP contribution in [0.4, 0.5) is 5.82 Å². The highest BCUT2D eigenvalue weighted by Crippen LogP contribution is 2.28. The number of aliphatic hydroxyl groups excluding tert-OH is 1. The third-order valence-corrected chi connectivity index (χ3v) is 5.89. The van der Waals surface area contributed by atoms with E-state index in [0.29, 0.717) is 6.54 Å². The fourth-order valence-corrected chi connectivity index (χ4v) is 3.92. The molecule has 2 aromatic rings. The number of benzene rings is 1. The Morgan fingerprint density at radius 2 is 1.96 bits per heavy atom. The average Bonchev–Trinajstić information content (AvgIpc) is 2.68. The van der Waals surface area contributed by atoms with Crippen molar-refractivity contribution in [3.63, 3.8) is 0 Å². The molecule has 6 nitrogen and oxygen atoms in total. The van der Waals surface area contributed by atoms with Crippen LogP contribution in [0, 0.1) is 5.92 Å². The number of hydrogen-bond donors (Lipinski definition) is 2. The van der Waals surface area contributed by atoms with Gasteiger partial charge in [-0.05, 0) is 56.2 Å². The zero-order chi connectivity index (χ0) is 19.2. The third kappa shape index (κ3) is 5.92. The van der Waals surface area contributed by atoms with Crippen LogP contribution in [0.15, 0.2) is 50.8 Å². The minimum absolute atomic E-state index is 0.000178. The van der Waals surface area contributed by atoms with Crippen molar-refractivity contribution >= 4 is 39.4 Å². The first-order valence-corrected chi connectivity index (χ1v) is 10.6. The first kappa shape index (κ1) is 20.1. The van der Waals surface area contributed by atoms with Gasteiger partial charge in [0.05, 0.1) is 6.10 Å². The second-order valence-electron chi connectivity index (χ2n) is 6.64. The summed E-state index contributed by atoms with van der Waals surface area (Å²) in [4.78, 5) is 15.4. The Labute approximate surface area is 171 Å². The van der Waals surface area contributed by atoms with Gasteiger partial charge in [0.25, 0.3) is 0 Å². The maximum atomic E-state index is 12.1. The Hall–Kier alpha value is -1.64. The van der Waals surface area contributed by atoms with Crippen molar-refractivity contribution in [1.29, 1.82) is 0 Å². The minimum Gasteiger partial charge on any atom is -0.392 e. The molecule has 0 radical (unpaired) electrons. The number of carbonyl (C=O) groups excluding carboxylic acids is 1. The first-order chi connectivity index (χ1) is 13.0. The Balaban J connectivity index is 1.51. The molecule has 3 rings (SSSR count). The van der Waals surface area contributed by atoms with Crippen molar-refractivity contribution in [3.05, 3.63) is 40.9 Å². The Kier molecular flexibility index (Phi) is 7.09. The highest BCUT2D eigenvalue weighted by atomic mass is 79.9. The molecule has 1 aliphatic rings. The van der Waals surface area contributed by atoms with E-state index >= 15 is 0 Å². The van der Waals surface area contributed by atoms with Crippen LogP contribution in [0.1, 0.15) is 19.8 Å². The Bertz CT molecular complexity index is 747. The molecule has 1 amide bonds. The predicted molar refractivity (Wildman–Crippen MR) is 110 cm³/mol. The number of aliphatic hydroxyl groups is 1. The lowest BCUT2D eigenvalue weighted by atomic mass is 9.96. The highest BCUT2D eigenvalue weighted by Gasteiger charge is 2.25. The Morgan fingerprint density at radius 3 is 2.56 bits per heavy atom. The second kappa shape index (κ2) is 9.52. The summed E-state index contributed by atoms with van der Waals surface area (Å²) in [5, 5.41) is 21.6. The normalized spacial score (nSPS) is 16.2. The molecule has 8 heteroatoms. The molecular formula is C19H23BrN4O2S. The molecular weight excluding hydrogens is 428 g/mol. The summed E-state index contributed by atoms with van der Waals surface area (Å²) < 4.78 is 1.05. The van der Waals surface area contributed by atoms with E-state index in [1.165, 1.54) is 0 Å². The minimum atomic E-state index is -0.516. The number of amides is 1. The maximum Gasteiger partial charge on any atom is 0.223 e. The van der Waals surface area contributed by atoms with Crippen LogP contribution in [0.2, 0.25) is 0 Å². The van der Waals surface area contributed by atoms with Crippen molar-refractivity contribution in [2.75, 3.05) is 24.5 Å². The summed E-state index contributed by atoms with van der Waals surface area (Å²) in [6.07, 6.45) is 1.05. The monoisotopic (exact) mass is 450 g/mol. The van der Waals surface area contributed by atoms with Gasteiger partial charge in [-0.3, -0.25) is 4.79 Å². The van der Waals surface area contributed by atoms with Gasteiger partial charge in [-0.1, -0.05) is 27.7 Å². The number of hydrogen-bond acceptors (Lipinski definition) is 6. The molecule has 0 aliphatic carbocycles. The fourth-order valence-electron chi connectivity index (χ4n) is 2.92. The van der Waals surface area contributed by atoms with Crippen LogP contribution >= 0.6 is 27.7 Å². The number of rotatable bonds is 6. The summed E-state index contributed by atoms with van der Waals surface area (Å²) in [7, 11) is 0. The summed E-state index contributed by atoms with van der Waals surface area (Å²) in [5.74, 6) is 0.876. The molecule has 1 atom stereocenters. The lowest BCUT2D eigenvalue weighted by Gasteiger charge is -2.31. The van der Waals surface area contributed by atoms with E-state index in [4.69, 9.17) is 0 Å². The maximum absolute atomic E-state index is 12.1. The van der Waals surface area contributed by atoms with Crippen LogP contribution in [0.3, 0.4) is 0 Å². The molecule has 1 aromatic carbocycles. The van der Waals surface area contributed by atoms with Gasteiger partial charge in [-0.2, -0.15) is 0 Å². The van der Waals surface area contributed by atoms with E-state index < -0.39 is 6.10 Å². The summed E-state index contributed by atoms with van der Waals surface area (Å²) in [6.45, 7) is 3.53. The van der Waals surface area contributed by atoms with Crippen LogP contribution in [-0.2, 0) is 4.79 Å². The zero-order valence-electron chi connectivity index (χ0n) is 15.1. The van der Waals surface area contributed by atoms with Gasteiger partial charge in [-0.25, -0.2) is 0 Å². The topological polar surface area (TPSA) is 78.4 Å². The number of aromatic nitrogens is 2. The lowest BCUT2D eigenvalue weighted by Crippen LogP contribution is -2.42. The van der Waals surface area contributed by atoms with Gasteiger partial charge in [0.15, 0.2) is 5.82 Å². The predicted octanol–water partition coefficient (Wildman–Crippen LogP) is 3.10. The molecule has 2 N–H and O–H groups in total. The van der Waals surface area contributed by atoms with E-state index in [1.807, 2.05) is 36.4 Å². The zero-order valence-corrected chi connectivity index (χ0v) is 17.5. The molecule has 1 saturated heterocycles. The second-order valence-corrected chi connectivity index (χ2v) is 8.65. The first-order valence-electron chi connectivity index (χ1n) is 8.99. The summed E-state index contributed by atoms with van der Waals surface area (Å²) in [5.41, 5.74) is 0. The number of nitrogens with one attached hydrogen (secondary N) is 1. The third-order valence-electron chi connectivity index (χ3n) is 4.42. The molecule has 0 bridgehead atoms. The molecule has 1 fully saturated rings. The van der Waals surface area contributed by atoms with Crippen molar-refractivity contribution in [1.82, 2.24) is 15.5 Å². The van der Waals surface area contributed by atoms with E-state index in [2.05, 4.69) is 36.3 Å². The number of halogens is 1. The molecule has 0 spiro atoms. The van der Waals surface area contributed by atoms with Crippen LogP contribution in [0.5, 0.6) is 0 Å². The smallest absolute Gasteiger partial charge is 0.223 e. The van der Waals surface area contributed by atoms with E-state index in [0.717, 1.165) is 46.1 Å². The van der Waals surface area contributed by atoms with Crippen molar-refractivity contribution < 1.29 is 9.90 Å². The van der Waals surface area contributed by atoms with E-state index in [1.54, 1.807) is 18.7 Å². The molecule has 2 heterocycles. The molecule has 144 valence electrons. The SMILES string of the molecule is CC(O)CNC(=O)C1CCN(c2ccc(Sc3ccc(Br)cc3)nn2)CC1. The lowest BCUT2D eigenvalue weighted by molar-refractivity contribution is -0.126. The van der Waals surface area contributed by atoms with Gasteiger partial charge in [0.2, 0.25) is 5.91 Å². The quantitative estimate of drug-likeness (QED) is 0.703.